The number of fused-ring (bicyclic) bond motifs is 1. The zero-order valence-electron chi connectivity index (χ0n) is 16.4. The quantitative estimate of drug-likeness (QED) is 0.660. The molecule has 0 spiro atoms. The lowest BCUT2D eigenvalue weighted by molar-refractivity contribution is -0.116. The molecular weight excluding hydrogens is 382 g/mol. The van der Waals surface area contributed by atoms with Crippen LogP contribution in [0.25, 0.3) is 17.0 Å². The summed E-state index contributed by atoms with van der Waals surface area (Å²) in [6, 6.07) is 13.6. The number of amides is 2. The number of anilines is 1. The molecule has 0 fully saturated rings. The van der Waals surface area contributed by atoms with E-state index in [4.69, 9.17) is 0 Å². The van der Waals surface area contributed by atoms with Crippen LogP contribution in [0.15, 0.2) is 54.4 Å². The minimum Gasteiger partial charge on any atom is -0.308 e. The summed E-state index contributed by atoms with van der Waals surface area (Å²) >= 11 is 1.39. The van der Waals surface area contributed by atoms with Gasteiger partial charge in [0.2, 0.25) is 5.91 Å². The Morgan fingerprint density at radius 3 is 2.62 bits per heavy atom. The molecule has 1 aliphatic heterocycles. The lowest BCUT2D eigenvalue weighted by atomic mass is 10.1. The van der Waals surface area contributed by atoms with Crippen molar-refractivity contribution in [3.63, 3.8) is 0 Å². The number of hydrogen-bond acceptors (Lipinski definition) is 4. The van der Waals surface area contributed by atoms with Crippen molar-refractivity contribution in [2.75, 3.05) is 11.9 Å². The third kappa shape index (κ3) is 3.71. The molecule has 2 aromatic carbocycles. The van der Waals surface area contributed by atoms with Crippen molar-refractivity contribution < 1.29 is 9.59 Å². The van der Waals surface area contributed by atoms with Crippen LogP contribution in [-0.2, 0) is 4.79 Å². The minimum atomic E-state index is -0.178. The highest BCUT2D eigenvalue weighted by Crippen LogP contribution is 2.31. The van der Waals surface area contributed by atoms with E-state index >= 15 is 0 Å². The SMILES string of the molecule is C=C1c2ccccc2C(=O)N1CCC(=O)Nc1nc(-c2ccc(C)c(C)c2)cs1. The number of nitrogens with zero attached hydrogens (tertiary/aromatic N) is 2. The first-order valence-corrected chi connectivity index (χ1v) is 10.2. The van der Waals surface area contributed by atoms with E-state index in [2.05, 4.69) is 42.9 Å². The highest BCUT2D eigenvalue weighted by Gasteiger charge is 2.30. The van der Waals surface area contributed by atoms with Gasteiger partial charge in [-0.15, -0.1) is 11.3 Å². The van der Waals surface area contributed by atoms with Gasteiger partial charge in [-0.25, -0.2) is 4.98 Å². The molecule has 3 aromatic rings. The molecule has 0 saturated heterocycles. The van der Waals surface area contributed by atoms with E-state index in [1.165, 1.54) is 22.5 Å². The Morgan fingerprint density at radius 2 is 1.90 bits per heavy atom. The molecule has 6 heteroatoms. The predicted octanol–water partition coefficient (Wildman–Crippen LogP) is 4.88. The fraction of sp³-hybridized carbons (Fsp3) is 0.174. The summed E-state index contributed by atoms with van der Waals surface area (Å²) in [5.74, 6) is -0.285. The zero-order chi connectivity index (χ0) is 20.5. The van der Waals surface area contributed by atoms with E-state index in [-0.39, 0.29) is 24.8 Å². The second kappa shape index (κ2) is 7.64. The Labute approximate surface area is 173 Å². The van der Waals surface area contributed by atoms with Crippen molar-refractivity contribution in [2.45, 2.75) is 20.3 Å². The normalized spacial score (nSPS) is 13.0. The van der Waals surface area contributed by atoms with Crippen molar-refractivity contribution in [3.05, 3.63) is 76.7 Å². The molecule has 0 atom stereocenters. The van der Waals surface area contributed by atoms with Crippen LogP contribution in [0, 0.1) is 13.8 Å². The topological polar surface area (TPSA) is 62.3 Å². The molecule has 29 heavy (non-hydrogen) atoms. The number of aromatic nitrogens is 1. The fourth-order valence-electron chi connectivity index (χ4n) is 3.33. The lowest BCUT2D eigenvalue weighted by Crippen LogP contribution is -2.27. The summed E-state index contributed by atoms with van der Waals surface area (Å²) in [6.45, 7) is 8.43. The van der Waals surface area contributed by atoms with E-state index in [1.54, 1.807) is 11.0 Å². The van der Waals surface area contributed by atoms with Gasteiger partial charge in [0.1, 0.15) is 0 Å². The number of rotatable bonds is 5. The first kappa shape index (κ1) is 19.1. The minimum absolute atomic E-state index is 0.107. The van der Waals surface area contributed by atoms with Gasteiger partial charge in [-0.1, -0.05) is 36.9 Å². The second-order valence-corrected chi connectivity index (χ2v) is 7.94. The molecule has 0 radical (unpaired) electrons. The van der Waals surface area contributed by atoms with Crippen molar-refractivity contribution >= 4 is 34.0 Å². The van der Waals surface area contributed by atoms with Crippen LogP contribution in [0.5, 0.6) is 0 Å². The maximum atomic E-state index is 12.5. The summed E-state index contributed by atoms with van der Waals surface area (Å²) < 4.78 is 0. The Kier molecular flexibility index (Phi) is 5.03. The smallest absolute Gasteiger partial charge is 0.258 e. The van der Waals surface area contributed by atoms with Gasteiger partial charge in [-0.2, -0.15) is 0 Å². The average molecular weight is 404 g/mol. The largest absolute Gasteiger partial charge is 0.308 e. The fourth-order valence-corrected chi connectivity index (χ4v) is 4.07. The van der Waals surface area contributed by atoms with Crippen LogP contribution in [0.2, 0.25) is 0 Å². The van der Waals surface area contributed by atoms with Crippen molar-refractivity contribution in [1.82, 2.24) is 9.88 Å². The summed E-state index contributed by atoms with van der Waals surface area (Å²) in [4.78, 5) is 31.0. The Bertz CT molecular complexity index is 1100. The number of carbonyl (C=O) groups excluding carboxylic acids is 2. The van der Waals surface area contributed by atoms with Crippen LogP contribution in [0.3, 0.4) is 0 Å². The van der Waals surface area contributed by atoms with Crippen molar-refractivity contribution in [3.8, 4) is 11.3 Å². The van der Waals surface area contributed by atoms with E-state index in [0.717, 1.165) is 16.8 Å². The molecule has 2 amide bonds. The summed E-state index contributed by atoms with van der Waals surface area (Å²) in [7, 11) is 0. The first-order chi connectivity index (χ1) is 13.9. The molecule has 2 heterocycles. The van der Waals surface area contributed by atoms with Crippen molar-refractivity contribution in [2.24, 2.45) is 0 Å². The highest BCUT2D eigenvalue weighted by molar-refractivity contribution is 7.14. The second-order valence-electron chi connectivity index (χ2n) is 7.08. The number of carbonyl (C=O) groups is 2. The molecule has 146 valence electrons. The van der Waals surface area contributed by atoms with Crippen LogP contribution in [-0.4, -0.2) is 28.2 Å². The van der Waals surface area contributed by atoms with E-state index in [1.807, 2.05) is 29.6 Å². The van der Waals surface area contributed by atoms with Gasteiger partial charge in [-0.3, -0.25) is 9.59 Å². The number of thiazole rings is 1. The first-order valence-electron chi connectivity index (χ1n) is 9.37. The van der Waals surface area contributed by atoms with E-state index in [0.29, 0.717) is 16.4 Å². The number of benzene rings is 2. The molecule has 5 nitrogen and oxygen atoms in total. The molecular formula is C23H21N3O2S. The van der Waals surface area contributed by atoms with Gasteiger partial charge in [-0.05, 0) is 37.1 Å². The maximum absolute atomic E-state index is 12.5. The molecule has 4 rings (SSSR count). The van der Waals surface area contributed by atoms with Crippen LogP contribution in [0.1, 0.15) is 33.5 Å². The van der Waals surface area contributed by atoms with Crippen LogP contribution < -0.4 is 5.32 Å². The molecule has 1 N–H and O–H groups in total. The summed E-state index contributed by atoms with van der Waals surface area (Å²) in [5.41, 5.74) is 6.42. The van der Waals surface area contributed by atoms with E-state index < -0.39 is 0 Å². The van der Waals surface area contributed by atoms with Gasteiger partial charge in [0.05, 0.1) is 5.69 Å². The monoisotopic (exact) mass is 403 g/mol. The van der Waals surface area contributed by atoms with Crippen LogP contribution >= 0.6 is 11.3 Å². The lowest BCUT2D eigenvalue weighted by Gasteiger charge is -2.16. The maximum Gasteiger partial charge on any atom is 0.258 e. The molecule has 1 aromatic heterocycles. The number of aryl methyl sites for hydroxylation is 2. The molecule has 1 aliphatic rings. The summed E-state index contributed by atoms with van der Waals surface area (Å²) in [6.07, 6.45) is 0.178. The van der Waals surface area contributed by atoms with Gasteiger partial charge in [0, 0.05) is 40.7 Å². The predicted molar refractivity (Wildman–Crippen MR) is 117 cm³/mol. The Morgan fingerprint density at radius 1 is 1.14 bits per heavy atom. The molecule has 0 bridgehead atoms. The van der Waals surface area contributed by atoms with Gasteiger partial charge in [0.25, 0.3) is 5.91 Å². The third-order valence-electron chi connectivity index (χ3n) is 5.16. The number of nitrogens with one attached hydrogen (secondary N) is 1. The highest BCUT2D eigenvalue weighted by atomic mass is 32.1. The Balaban J connectivity index is 1.37. The number of hydrogen-bond donors (Lipinski definition) is 1. The van der Waals surface area contributed by atoms with Crippen molar-refractivity contribution in [1.29, 1.82) is 0 Å². The average Bonchev–Trinajstić information content (AvgIpc) is 3.26. The molecule has 0 saturated carbocycles. The summed E-state index contributed by atoms with van der Waals surface area (Å²) in [5, 5.41) is 5.32. The third-order valence-corrected chi connectivity index (χ3v) is 5.91. The van der Waals surface area contributed by atoms with Gasteiger partial charge >= 0.3 is 0 Å². The molecule has 0 aliphatic carbocycles. The Hall–Kier alpha value is -3.25. The van der Waals surface area contributed by atoms with Gasteiger partial charge in [0.15, 0.2) is 5.13 Å². The van der Waals surface area contributed by atoms with Gasteiger partial charge < -0.3 is 10.2 Å². The standard InChI is InChI=1S/C23H21N3O2S/c1-14-8-9-17(12-15(14)2)20-13-29-23(24-20)25-21(27)10-11-26-16(3)18-6-4-5-7-19(18)22(26)28/h4-9,12-13H,3,10-11H2,1-2H3,(H,24,25,27). The van der Waals surface area contributed by atoms with E-state index in [9.17, 15) is 9.59 Å². The zero-order valence-corrected chi connectivity index (χ0v) is 17.2. The molecule has 0 unspecified atom stereocenters. The van der Waals surface area contributed by atoms with Crippen LogP contribution in [0.4, 0.5) is 5.13 Å².